The van der Waals surface area contributed by atoms with E-state index >= 15 is 0 Å². The summed E-state index contributed by atoms with van der Waals surface area (Å²) < 4.78 is 3.75. The highest BCUT2D eigenvalue weighted by Gasteiger charge is 2.03. The summed E-state index contributed by atoms with van der Waals surface area (Å²) in [5.74, 6) is 0. The van der Waals surface area contributed by atoms with E-state index < -0.39 is 0 Å². The van der Waals surface area contributed by atoms with Crippen LogP contribution in [0.1, 0.15) is 25.6 Å². The topological polar surface area (TPSA) is 65.8 Å². The fourth-order valence-electron chi connectivity index (χ4n) is 1.58. The third-order valence-corrected chi connectivity index (χ3v) is 2.54. The first-order valence-electron chi connectivity index (χ1n) is 5.56. The first-order valence-corrected chi connectivity index (χ1v) is 5.56. The fraction of sp³-hybridized carbons (Fsp3) is 0.333. The minimum Gasteiger partial charge on any atom is -0.394 e. The van der Waals surface area contributed by atoms with Crippen LogP contribution in [0.15, 0.2) is 35.5 Å². The Kier molecular flexibility index (Phi) is 2.99. The zero-order valence-electron chi connectivity index (χ0n) is 10.00. The van der Waals surface area contributed by atoms with Gasteiger partial charge in [0.05, 0.1) is 17.9 Å². The van der Waals surface area contributed by atoms with E-state index in [9.17, 15) is 4.79 Å². The summed E-state index contributed by atoms with van der Waals surface area (Å²) in [6, 6.07) is 3.78. The van der Waals surface area contributed by atoms with Gasteiger partial charge in [-0.15, -0.1) is 0 Å². The maximum absolute atomic E-state index is 11.2. The monoisotopic (exact) mass is 232 g/mol. The Balaban J connectivity index is 2.19. The first kappa shape index (κ1) is 11.4. The number of aromatic nitrogens is 3. The van der Waals surface area contributed by atoms with Crippen LogP contribution in [-0.2, 0) is 6.54 Å². The summed E-state index contributed by atoms with van der Waals surface area (Å²) in [5.41, 5.74) is 6.63. The Morgan fingerprint density at radius 1 is 1.35 bits per heavy atom. The molecule has 5 nitrogen and oxygen atoms in total. The lowest BCUT2D eigenvalue weighted by molar-refractivity contribution is 0.523. The summed E-state index contributed by atoms with van der Waals surface area (Å²) in [5, 5.41) is 4.43. The molecule has 17 heavy (non-hydrogen) atoms. The van der Waals surface area contributed by atoms with Crippen LogP contribution in [0.5, 0.6) is 0 Å². The average molecular weight is 232 g/mol. The van der Waals surface area contributed by atoms with Gasteiger partial charge < -0.3 is 10.3 Å². The molecule has 2 heterocycles. The molecule has 2 rings (SSSR count). The van der Waals surface area contributed by atoms with E-state index in [1.54, 1.807) is 12.4 Å². The molecule has 2 aromatic heterocycles. The quantitative estimate of drug-likeness (QED) is 0.866. The minimum absolute atomic E-state index is 0.144. The van der Waals surface area contributed by atoms with Gasteiger partial charge in [-0.25, -0.2) is 0 Å². The average Bonchev–Trinajstić information content (AvgIpc) is 2.72. The van der Waals surface area contributed by atoms with E-state index in [0.29, 0.717) is 12.6 Å². The van der Waals surface area contributed by atoms with Crippen molar-refractivity contribution in [1.82, 2.24) is 14.3 Å². The number of anilines is 1. The van der Waals surface area contributed by atoms with E-state index in [-0.39, 0.29) is 11.1 Å². The van der Waals surface area contributed by atoms with E-state index in [0.717, 1.165) is 5.69 Å². The second-order valence-electron chi connectivity index (χ2n) is 4.32. The Hall–Kier alpha value is -2.04. The molecule has 0 saturated heterocycles. The van der Waals surface area contributed by atoms with Crippen LogP contribution in [0.3, 0.4) is 0 Å². The van der Waals surface area contributed by atoms with Gasteiger partial charge in [-0.2, -0.15) is 5.10 Å². The molecule has 0 fully saturated rings. The normalized spacial score (nSPS) is 11.0. The predicted molar refractivity (Wildman–Crippen MR) is 66.8 cm³/mol. The molecule has 0 radical (unpaired) electrons. The van der Waals surface area contributed by atoms with E-state index in [1.165, 1.54) is 6.07 Å². The van der Waals surface area contributed by atoms with Crippen molar-refractivity contribution in [3.63, 3.8) is 0 Å². The number of nitrogen functional groups attached to an aromatic ring is 1. The van der Waals surface area contributed by atoms with Gasteiger partial charge in [0.25, 0.3) is 0 Å². The Morgan fingerprint density at radius 3 is 2.71 bits per heavy atom. The molecule has 0 aliphatic carbocycles. The number of hydrogen-bond donors (Lipinski definition) is 1. The fourth-order valence-corrected chi connectivity index (χ4v) is 1.58. The maximum atomic E-state index is 11.2. The smallest absolute Gasteiger partial charge is 0.204 e. The van der Waals surface area contributed by atoms with E-state index in [4.69, 9.17) is 5.73 Å². The van der Waals surface area contributed by atoms with Crippen LogP contribution in [0.4, 0.5) is 5.69 Å². The Bertz CT molecular complexity index is 568. The molecule has 0 aromatic carbocycles. The summed E-state index contributed by atoms with van der Waals surface area (Å²) in [4.78, 5) is 11.2. The van der Waals surface area contributed by atoms with Gasteiger partial charge in [0, 0.05) is 30.7 Å². The third-order valence-electron chi connectivity index (χ3n) is 2.54. The van der Waals surface area contributed by atoms with Gasteiger partial charge in [-0.3, -0.25) is 9.48 Å². The molecule has 0 atom stereocenters. The molecule has 2 aromatic rings. The molecule has 0 saturated carbocycles. The number of rotatable bonds is 3. The third kappa shape index (κ3) is 2.55. The molecule has 0 aliphatic rings. The van der Waals surface area contributed by atoms with Crippen molar-refractivity contribution in [2.24, 2.45) is 0 Å². The summed E-state index contributed by atoms with van der Waals surface area (Å²) >= 11 is 0. The Morgan fingerprint density at radius 2 is 2.12 bits per heavy atom. The molecular formula is C12H16N4O. The highest BCUT2D eigenvalue weighted by Crippen LogP contribution is 2.06. The maximum Gasteiger partial charge on any atom is 0.204 e. The van der Waals surface area contributed by atoms with Crippen molar-refractivity contribution >= 4 is 5.69 Å². The van der Waals surface area contributed by atoms with Gasteiger partial charge in [-0.1, -0.05) is 0 Å². The lowest BCUT2D eigenvalue weighted by atomic mass is 10.3. The molecule has 0 amide bonds. The van der Waals surface area contributed by atoms with Crippen molar-refractivity contribution in [3.05, 3.63) is 46.6 Å². The number of hydrogen-bond acceptors (Lipinski definition) is 3. The van der Waals surface area contributed by atoms with Gasteiger partial charge in [-0.05, 0) is 19.9 Å². The van der Waals surface area contributed by atoms with Crippen LogP contribution >= 0.6 is 0 Å². The molecule has 0 aliphatic heterocycles. The second-order valence-corrected chi connectivity index (χ2v) is 4.32. The highest BCUT2D eigenvalue weighted by molar-refractivity contribution is 5.33. The van der Waals surface area contributed by atoms with E-state index in [2.05, 4.69) is 18.9 Å². The van der Waals surface area contributed by atoms with Crippen LogP contribution < -0.4 is 11.2 Å². The van der Waals surface area contributed by atoms with Crippen LogP contribution in [0.25, 0.3) is 0 Å². The Labute approximate surface area is 99.5 Å². The number of nitrogens with zero attached hydrogens (tertiary/aromatic N) is 3. The second kappa shape index (κ2) is 4.45. The van der Waals surface area contributed by atoms with Gasteiger partial charge in [0.15, 0.2) is 0 Å². The minimum atomic E-state index is -0.144. The highest BCUT2D eigenvalue weighted by atomic mass is 16.1. The largest absolute Gasteiger partial charge is 0.394 e. The summed E-state index contributed by atoms with van der Waals surface area (Å²) in [6.07, 6.45) is 5.30. The SMILES string of the molecule is CC(C)n1ccc(Cn2ccc(=O)c(N)c2)n1. The molecule has 90 valence electrons. The van der Waals surface area contributed by atoms with Crippen LogP contribution in [0.2, 0.25) is 0 Å². The zero-order chi connectivity index (χ0) is 12.4. The zero-order valence-corrected chi connectivity index (χ0v) is 10.00. The van der Waals surface area contributed by atoms with Crippen molar-refractivity contribution in [3.8, 4) is 0 Å². The van der Waals surface area contributed by atoms with Gasteiger partial charge in [0.1, 0.15) is 0 Å². The van der Waals surface area contributed by atoms with Gasteiger partial charge >= 0.3 is 0 Å². The first-order chi connectivity index (χ1) is 8.06. The van der Waals surface area contributed by atoms with Crippen molar-refractivity contribution < 1.29 is 0 Å². The molecule has 5 heteroatoms. The summed E-state index contributed by atoms with van der Waals surface area (Å²) in [6.45, 7) is 4.77. The number of nitrogens with two attached hydrogens (primary N) is 1. The molecular weight excluding hydrogens is 216 g/mol. The standard InChI is InChI=1S/C12H16N4O/c1-9(2)16-6-3-10(14-16)7-15-5-4-12(17)11(13)8-15/h3-6,8-9H,7,13H2,1-2H3. The van der Waals surface area contributed by atoms with Crippen LogP contribution in [0, 0.1) is 0 Å². The molecule has 0 bridgehead atoms. The van der Waals surface area contributed by atoms with Gasteiger partial charge in [0.2, 0.25) is 5.43 Å². The summed E-state index contributed by atoms with van der Waals surface area (Å²) in [7, 11) is 0. The molecule has 0 spiro atoms. The lowest BCUT2D eigenvalue weighted by Crippen LogP contribution is -2.11. The van der Waals surface area contributed by atoms with E-state index in [1.807, 2.05) is 21.5 Å². The van der Waals surface area contributed by atoms with Crippen molar-refractivity contribution in [1.29, 1.82) is 0 Å². The van der Waals surface area contributed by atoms with Crippen molar-refractivity contribution in [2.75, 3.05) is 5.73 Å². The molecule has 2 N–H and O–H groups in total. The lowest BCUT2D eigenvalue weighted by Gasteiger charge is -2.06. The predicted octanol–water partition coefficient (Wildman–Crippen LogP) is 1.26. The van der Waals surface area contributed by atoms with Crippen molar-refractivity contribution in [2.45, 2.75) is 26.4 Å². The molecule has 0 unspecified atom stereocenters. The number of pyridine rings is 1. The van der Waals surface area contributed by atoms with Crippen LogP contribution in [-0.4, -0.2) is 14.3 Å².